The number of carboxylic acids is 1. The number of halogens is 1. The first kappa shape index (κ1) is 13.6. The molecule has 0 aliphatic heterocycles. The van der Waals surface area contributed by atoms with Gasteiger partial charge in [-0.2, -0.15) is 0 Å². The van der Waals surface area contributed by atoms with Crippen molar-refractivity contribution >= 4 is 5.97 Å². The molecular weight excluding hydrogens is 221 g/mol. The molecule has 0 amide bonds. The van der Waals surface area contributed by atoms with E-state index in [0.717, 1.165) is 5.56 Å². The first-order chi connectivity index (χ1) is 8.00. The van der Waals surface area contributed by atoms with Crippen LogP contribution in [0.1, 0.15) is 19.4 Å². The van der Waals surface area contributed by atoms with Crippen molar-refractivity contribution in [2.45, 2.75) is 20.4 Å². The third-order valence-corrected chi connectivity index (χ3v) is 2.70. The summed E-state index contributed by atoms with van der Waals surface area (Å²) in [5.74, 6) is -1.41. The van der Waals surface area contributed by atoms with Gasteiger partial charge in [-0.15, -0.1) is 0 Å². The molecule has 94 valence electrons. The molecule has 1 rings (SSSR count). The average molecular weight is 239 g/mol. The van der Waals surface area contributed by atoms with Gasteiger partial charge in [0.05, 0.1) is 5.92 Å². The van der Waals surface area contributed by atoms with E-state index >= 15 is 0 Å². The molecule has 0 aliphatic carbocycles. The molecule has 0 saturated heterocycles. The fourth-order valence-electron chi connectivity index (χ4n) is 1.63. The maximum absolute atomic E-state index is 12.9. The van der Waals surface area contributed by atoms with Gasteiger partial charge in [-0.25, -0.2) is 4.39 Å². The molecule has 1 aromatic carbocycles. The molecule has 0 aliphatic rings. The van der Waals surface area contributed by atoms with E-state index in [1.165, 1.54) is 12.1 Å². The van der Waals surface area contributed by atoms with Crippen LogP contribution in [0.25, 0.3) is 0 Å². The van der Waals surface area contributed by atoms with Gasteiger partial charge in [0.1, 0.15) is 5.82 Å². The lowest BCUT2D eigenvalue weighted by atomic mass is 9.96. The van der Waals surface area contributed by atoms with Crippen LogP contribution in [-0.4, -0.2) is 17.6 Å². The third kappa shape index (κ3) is 4.53. The Bertz CT molecular complexity index is 379. The Kier molecular flexibility index (Phi) is 5.10. The highest BCUT2D eigenvalue weighted by Crippen LogP contribution is 2.10. The Labute approximate surface area is 101 Å². The first-order valence-corrected chi connectivity index (χ1v) is 5.68. The van der Waals surface area contributed by atoms with Crippen molar-refractivity contribution in [3.63, 3.8) is 0 Å². The summed E-state index contributed by atoms with van der Waals surface area (Å²) >= 11 is 0. The molecule has 1 aromatic rings. The largest absolute Gasteiger partial charge is 0.481 e. The summed E-state index contributed by atoms with van der Waals surface area (Å²) < 4.78 is 12.9. The standard InChI is InChI=1S/C13H18FNO2/c1-9(2)12(13(16)17)8-15-7-10-4-3-5-11(14)6-10/h3-6,9,12,15H,7-8H2,1-2H3,(H,16,17). The topological polar surface area (TPSA) is 49.3 Å². The van der Waals surface area contributed by atoms with E-state index in [-0.39, 0.29) is 11.7 Å². The quantitative estimate of drug-likeness (QED) is 0.800. The molecule has 0 bridgehead atoms. The predicted octanol–water partition coefficient (Wildman–Crippen LogP) is 2.27. The Hall–Kier alpha value is -1.42. The summed E-state index contributed by atoms with van der Waals surface area (Å²) in [7, 11) is 0. The molecule has 17 heavy (non-hydrogen) atoms. The van der Waals surface area contributed by atoms with Crippen LogP contribution in [0.2, 0.25) is 0 Å². The summed E-state index contributed by atoms with van der Waals surface area (Å²) in [5, 5.41) is 12.0. The minimum absolute atomic E-state index is 0.0764. The molecule has 0 spiro atoms. The summed E-state index contributed by atoms with van der Waals surface area (Å²) in [6.07, 6.45) is 0. The second-order valence-electron chi connectivity index (χ2n) is 4.45. The third-order valence-electron chi connectivity index (χ3n) is 2.70. The summed E-state index contributed by atoms with van der Waals surface area (Å²) in [5.41, 5.74) is 0.817. The zero-order valence-electron chi connectivity index (χ0n) is 10.1. The van der Waals surface area contributed by atoms with Crippen LogP contribution >= 0.6 is 0 Å². The fraction of sp³-hybridized carbons (Fsp3) is 0.462. The van der Waals surface area contributed by atoms with Crippen molar-refractivity contribution in [3.8, 4) is 0 Å². The lowest BCUT2D eigenvalue weighted by molar-refractivity contribution is -0.143. The van der Waals surface area contributed by atoms with Crippen molar-refractivity contribution in [1.82, 2.24) is 5.32 Å². The summed E-state index contributed by atoms with van der Waals surface area (Å²) in [6.45, 7) is 4.63. The molecule has 2 N–H and O–H groups in total. The first-order valence-electron chi connectivity index (χ1n) is 5.68. The molecular formula is C13H18FNO2. The van der Waals surface area contributed by atoms with Crippen LogP contribution in [0.5, 0.6) is 0 Å². The molecule has 0 fully saturated rings. The predicted molar refractivity (Wildman–Crippen MR) is 64.1 cm³/mol. The van der Waals surface area contributed by atoms with Crippen LogP contribution in [0.15, 0.2) is 24.3 Å². The molecule has 0 aromatic heterocycles. The Balaban J connectivity index is 2.44. The summed E-state index contributed by atoms with van der Waals surface area (Å²) in [4.78, 5) is 10.9. The lowest BCUT2D eigenvalue weighted by Gasteiger charge is -2.16. The minimum atomic E-state index is -0.799. The van der Waals surface area contributed by atoms with Gasteiger partial charge in [0.15, 0.2) is 0 Å². The molecule has 3 nitrogen and oxygen atoms in total. The monoisotopic (exact) mass is 239 g/mol. The van der Waals surface area contributed by atoms with E-state index in [1.54, 1.807) is 12.1 Å². The maximum atomic E-state index is 12.9. The zero-order chi connectivity index (χ0) is 12.8. The normalized spacial score (nSPS) is 12.7. The smallest absolute Gasteiger partial charge is 0.308 e. The van der Waals surface area contributed by atoms with Gasteiger partial charge in [0.25, 0.3) is 0 Å². The zero-order valence-corrected chi connectivity index (χ0v) is 10.1. The minimum Gasteiger partial charge on any atom is -0.481 e. The van der Waals surface area contributed by atoms with E-state index in [0.29, 0.717) is 13.1 Å². The fourth-order valence-corrected chi connectivity index (χ4v) is 1.63. The molecule has 0 saturated carbocycles. The van der Waals surface area contributed by atoms with Gasteiger partial charge in [0.2, 0.25) is 0 Å². The second kappa shape index (κ2) is 6.35. The molecule has 4 heteroatoms. The van der Waals surface area contributed by atoms with Crippen molar-refractivity contribution in [2.75, 3.05) is 6.54 Å². The molecule has 1 unspecified atom stereocenters. The maximum Gasteiger partial charge on any atom is 0.308 e. The van der Waals surface area contributed by atoms with Crippen molar-refractivity contribution in [2.24, 2.45) is 11.8 Å². The number of aliphatic carboxylic acids is 1. The number of carbonyl (C=O) groups is 1. The average Bonchev–Trinajstić information content (AvgIpc) is 2.23. The number of benzene rings is 1. The Morgan fingerprint density at radius 2 is 2.18 bits per heavy atom. The van der Waals surface area contributed by atoms with Crippen molar-refractivity contribution in [1.29, 1.82) is 0 Å². The van der Waals surface area contributed by atoms with E-state index < -0.39 is 11.9 Å². The second-order valence-corrected chi connectivity index (χ2v) is 4.45. The SMILES string of the molecule is CC(C)C(CNCc1cccc(F)c1)C(=O)O. The number of rotatable bonds is 6. The van der Waals surface area contributed by atoms with E-state index in [2.05, 4.69) is 5.32 Å². The van der Waals surface area contributed by atoms with Crippen LogP contribution in [-0.2, 0) is 11.3 Å². The van der Waals surface area contributed by atoms with Gasteiger partial charge >= 0.3 is 5.97 Å². The van der Waals surface area contributed by atoms with Gasteiger partial charge in [-0.1, -0.05) is 26.0 Å². The Morgan fingerprint density at radius 3 is 2.71 bits per heavy atom. The number of nitrogens with one attached hydrogen (secondary N) is 1. The van der Waals surface area contributed by atoms with Crippen LogP contribution < -0.4 is 5.32 Å². The molecule has 1 atom stereocenters. The van der Waals surface area contributed by atoms with Crippen molar-refractivity contribution < 1.29 is 14.3 Å². The van der Waals surface area contributed by atoms with Gasteiger partial charge < -0.3 is 10.4 Å². The Morgan fingerprint density at radius 1 is 1.47 bits per heavy atom. The van der Waals surface area contributed by atoms with Gasteiger partial charge in [-0.3, -0.25) is 4.79 Å². The molecule has 0 heterocycles. The summed E-state index contributed by atoms with van der Waals surface area (Å²) in [6, 6.07) is 6.28. The lowest BCUT2D eigenvalue weighted by Crippen LogP contribution is -2.31. The van der Waals surface area contributed by atoms with E-state index in [9.17, 15) is 9.18 Å². The van der Waals surface area contributed by atoms with Crippen LogP contribution in [0.3, 0.4) is 0 Å². The van der Waals surface area contributed by atoms with Crippen molar-refractivity contribution in [3.05, 3.63) is 35.6 Å². The van der Waals surface area contributed by atoms with Crippen LogP contribution in [0, 0.1) is 17.7 Å². The number of hydrogen-bond donors (Lipinski definition) is 2. The number of carboxylic acid groups (broad SMARTS) is 1. The highest BCUT2D eigenvalue weighted by atomic mass is 19.1. The van der Waals surface area contributed by atoms with Gasteiger partial charge in [0, 0.05) is 13.1 Å². The van der Waals surface area contributed by atoms with E-state index in [4.69, 9.17) is 5.11 Å². The highest BCUT2D eigenvalue weighted by molar-refractivity contribution is 5.70. The number of hydrogen-bond acceptors (Lipinski definition) is 2. The van der Waals surface area contributed by atoms with E-state index in [1.807, 2.05) is 13.8 Å². The highest BCUT2D eigenvalue weighted by Gasteiger charge is 2.20. The van der Waals surface area contributed by atoms with Crippen LogP contribution in [0.4, 0.5) is 4.39 Å². The van der Waals surface area contributed by atoms with Gasteiger partial charge in [-0.05, 0) is 23.6 Å². The molecule has 0 radical (unpaired) electrons.